The maximum atomic E-state index is 12.8. The van der Waals surface area contributed by atoms with Gasteiger partial charge >= 0.3 is 0 Å². The third kappa shape index (κ3) is 4.55. The van der Waals surface area contributed by atoms with Gasteiger partial charge in [-0.1, -0.05) is 0 Å². The number of benzene rings is 1. The lowest BCUT2D eigenvalue weighted by atomic mass is 10.1. The molecule has 1 aromatic rings. The van der Waals surface area contributed by atoms with Gasteiger partial charge in [0.1, 0.15) is 0 Å². The zero-order valence-electron chi connectivity index (χ0n) is 14.9. The fraction of sp³-hybridized carbons (Fsp3) is 0.588. The van der Waals surface area contributed by atoms with E-state index in [-0.39, 0.29) is 28.5 Å². The van der Waals surface area contributed by atoms with Crippen molar-refractivity contribution in [2.45, 2.75) is 57.3 Å². The summed E-state index contributed by atoms with van der Waals surface area (Å²) in [7, 11) is -3.58. The molecule has 2 atom stereocenters. The maximum Gasteiger partial charge on any atom is 0.251 e. The first-order valence-electron chi connectivity index (χ1n) is 8.07. The van der Waals surface area contributed by atoms with Gasteiger partial charge in [0.15, 0.2) is 0 Å². The molecule has 1 N–H and O–H groups in total. The Kier molecular flexibility index (Phi) is 5.37. The molecular formula is C17H26N2O4S. The Morgan fingerprint density at radius 3 is 2.08 bits per heavy atom. The molecule has 0 unspecified atom stereocenters. The van der Waals surface area contributed by atoms with Crippen LogP contribution >= 0.6 is 0 Å². The second-order valence-corrected chi connectivity index (χ2v) is 9.25. The van der Waals surface area contributed by atoms with Crippen molar-refractivity contribution in [3.63, 3.8) is 0 Å². The van der Waals surface area contributed by atoms with Crippen LogP contribution < -0.4 is 5.32 Å². The zero-order chi connectivity index (χ0) is 18.1. The predicted octanol–water partition coefficient (Wildman–Crippen LogP) is 2.01. The fourth-order valence-corrected chi connectivity index (χ4v) is 4.26. The molecule has 1 aromatic carbocycles. The second kappa shape index (κ2) is 6.82. The van der Waals surface area contributed by atoms with Crippen LogP contribution in [-0.2, 0) is 14.8 Å². The highest BCUT2D eigenvalue weighted by Gasteiger charge is 2.32. The van der Waals surface area contributed by atoms with E-state index in [4.69, 9.17) is 4.74 Å². The second-order valence-electron chi connectivity index (χ2n) is 7.31. The number of ether oxygens (including phenoxy) is 1. The van der Waals surface area contributed by atoms with Crippen molar-refractivity contribution in [3.8, 4) is 0 Å². The molecule has 0 radical (unpaired) electrons. The number of hydrogen-bond acceptors (Lipinski definition) is 4. The number of sulfonamides is 1. The minimum absolute atomic E-state index is 0.139. The molecule has 24 heavy (non-hydrogen) atoms. The van der Waals surface area contributed by atoms with E-state index in [1.807, 2.05) is 34.6 Å². The van der Waals surface area contributed by atoms with E-state index in [2.05, 4.69) is 5.32 Å². The first kappa shape index (κ1) is 18.9. The van der Waals surface area contributed by atoms with Crippen molar-refractivity contribution in [3.05, 3.63) is 29.8 Å². The van der Waals surface area contributed by atoms with Crippen molar-refractivity contribution < 1.29 is 17.9 Å². The summed E-state index contributed by atoms with van der Waals surface area (Å²) in [5.74, 6) is -0.222. The molecule has 1 aliphatic heterocycles. The van der Waals surface area contributed by atoms with Gasteiger partial charge in [-0.2, -0.15) is 4.31 Å². The lowest BCUT2D eigenvalue weighted by Crippen LogP contribution is -2.48. The van der Waals surface area contributed by atoms with E-state index < -0.39 is 10.0 Å². The highest BCUT2D eigenvalue weighted by Crippen LogP contribution is 2.21. The molecule has 2 rings (SSSR count). The molecule has 1 heterocycles. The summed E-state index contributed by atoms with van der Waals surface area (Å²) in [5.41, 5.74) is 0.0923. The van der Waals surface area contributed by atoms with Crippen molar-refractivity contribution in [1.29, 1.82) is 0 Å². The summed E-state index contributed by atoms with van der Waals surface area (Å²) >= 11 is 0. The third-order valence-corrected chi connectivity index (χ3v) is 5.47. The van der Waals surface area contributed by atoms with Gasteiger partial charge < -0.3 is 10.1 Å². The molecule has 0 aromatic heterocycles. The molecule has 0 spiro atoms. The summed E-state index contributed by atoms with van der Waals surface area (Å²) in [5, 5.41) is 2.85. The van der Waals surface area contributed by atoms with Crippen LogP contribution in [0.1, 0.15) is 45.0 Å². The van der Waals surface area contributed by atoms with Gasteiger partial charge in [0, 0.05) is 24.2 Å². The standard InChI is InChI=1S/C17H26N2O4S/c1-12-10-19(11-13(2)23-12)24(21,22)15-8-6-14(7-9-15)16(20)18-17(3,4)5/h6-9,12-13H,10-11H2,1-5H3,(H,18,20)/t12-,13+. The van der Waals surface area contributed by atoms with Gasteiger partial charge in [-0.15, -0.1) is 0 Å². The van der Waals surface area contributed by atoms with Crippen molar-refractivity contribution in [2.24, 2.45) is 0 Å². The van der Waals surface area contributed by atoms with E-state index in [9.17, 15) is 13.2 Å². The molecule has 1 saturated heterocycles. The van der Waals surface area contributed by atoms with E-state index in [0.717, 1.165) is 0 Å². The number of morpholine rings is 1. The highest BCUT2D eigenvalue weighted by molar-refractivity contribution is 7.89. The number of rotatable bonds is 3. The zero-order valence-corrected chi connectivity index (χ0v) is 15.7. The van der Waals surface area contributed by atoms with Gasteiger partial charge in [0.25, 0.3) is 5.91 Å². The van der Waals surface area contributed by atoms with Gasteiger partial charge in [-0.05, 0) is 58.9 Å². The Morgan fingerprint density at radius 2 is 1.62 bits per heavy atom. The summed E-state index contributed by atoms with van der Waals surface area (Å²) in [6, 6.07) is 6.05. The molecule has 0 aliphatic carbocycles. The lowest BCUT2D eigenvalue weighted by molar-refractivity contribution is -0.0440. The van der Waals surface area contributed by atoms with Crippen LogP contribution in [0.5, 0.6) is 0 Å². The SMILES string of the molecule is C[C@@H]1CN(S(=O)(=O)c2ccc(C(=O)NC(C)(C)C)cc2)C[C@H](C)O1. The van der Waals surface area contributed by atoms with Crippen LogP contribution in [0, 0.1) is 0 Å². The molecule has 0 saturated carbocycles. The van der Waals surface area contributed by atoms with Gasteiger partial charge in [0.2, 0.25) is 10.0 Å². The van der Waals surface area contributed by atoms with E-state index >= 15 is 0 Å². The molecule has 134 valence electrons. The predicted molar refractivity (Wildman–Crippen MR) is 92.4 cm³/mol. The van der Waals surface area contributed by atoms with Crippen LogP contribution in [0.15, 0.2) is 29.2 Å². The minimum Gasteiger partial charge on any atom is -0.373 e. The van der Waals surface area contributed by atoms with Crippen molar-refractivity contribution in [2.75, 3.05) is 13.1 Å². The average molecular weight is 354 g/mol. The highest BCUT2D eigenvalue weighted by atomic mass is 32.2. The summed E-state index contributed by atoms with van der Waals surface area (Å²) < 4.78 is 32.5. The van der Waals surface area contributed by atoms with Gasteiger partial charge in [0.05, 0.1) is 17.1 Å². The molecule has 1 aliphatic rings. The van der Waals surface area contributed by atoms with Crippen LogP contribution in [0.25, 0.3) is 0 Å². The molecule has 1 amide bonds. The van der Waals surface area contributed by atoms with Crippen LogP contribution in [-0.4, -0.2) is 49.5 Å². The molecule has 1 fully saturated rings. The first-order chi connectivity index (χ1) is 11.0. The summed E-state index contributed by atoms with van der Waals surface area (Å²) in [6.45, 7) is 10.1. The molecule has 0 bridgehead atoms. The van der Waals surface area contributed by atoms with E-state index in [0.29, 0.717) is 18.7 Å². The van der Waals surface area contributed by atoms with Crippen molar-refractivity contribution in [1.82, 2.24) is 9.62 Å². The van der Waals surface area contributed by atoms with Gasteiger partial charge in [-0.25, -0.2) is 8.42 Å². The number of nitrogens with one attached hydrogen (secondary N) is 1. The number of amides is 1. The number of carbonyl (C=O) groups excluding carboxylic acids is 1. The Balaban J connectivity index is 2.19. The molecular weight excluding hydrogens is 328 g/mol. The van der Waals surface area contributed by atoms with Gasteiger partial charge in [-0.3, -0.25) is 4.79 Å². The topological polar surface area (TPSA) is 75.7 Å². The summed E-state index contributed by atoms with van der Waals surface area (Å²) in [6.07, 6.45) is -0.277. The smallest absolute Gasteiger partial charge is 0.251 e. The minimum atomic E-state index is -3.58. The number of hydrogen-bond donors (Lipinski definition) is 1. The Morgan fingerprint density at radius 1 is 1.12 bits per heavy atom. The monoisotopic (exact) mass is 354 g/mol. The van der Waals surface area contributed by atoms with Crippen LogP contribution in [0.4, 0.5) is 0 Å². The molecule has 6 nitrogen and oxygen atoms in total. The first-order valence-corrected chi connectivity index (χ1v) is 9.51. The largest absolute Gasteiger partial charge is 0.373 e. The molecule has 7 heteroatoms. The Bertz CT molecular complexity index is 682. The summed E-state index contributed by atoms with van der Waals surface area (Å²) in [4.78, 5) is 12.3. The average Bonchev–Trinajstić information content (AvgIpc) is 2.44. The number of carbonyl (C=O) groups is 1. The van der Waals surface area contributed by atoms with Crippen molar-refractivity contribution >= 4 is 15.9 Å². The Labute approximate surface area is 144 Å². The van der Waals surface area contributed by atoms with E-state index in [1.165, 1.54) is 16.4 Å². The maximum absolute atomic E-state index is 12.8. The normalized spacial score (nSPS) is 23.0. The number of nitrogens with zero attached hydrogens (tertiary/aromatic N) is 1. The van der Waals surface area contributed by atoms with E-state index in [1.54, 1.807) is 12.1 Å². The van der Waals surface area contributed by atoms with Crippen LogP contribution in [0.2, 0.25) is 0 Å². The lowest BCUT2D eigenvalue weighted by Gasteiger charge is -2.34. The Hall–Kier alpha value is -1.44. The van der Waals surface area contributed by atoms with Crippen LogP contribution in [0.3, 0.4) is 0 Å². The quantitative estimate of drug-likeness (QED) is 0.901. The third-order valence-electron chi connectivity index (χ3n) is 3.63. The fourth-order valence-electron chi connectivity index (χ4n) is 2.67.